The molecule has 0 N–H and O–H groups in total. The lowest BCUT2D eigenvalue weighted by atomic mass is 9.83. The summed E-state index contributed by atoms with van der Waals surface area (Å²) >= 11 is 3.45. The van der Waals surface area contributed by atoms with Gasteiger partial charge in [-0.1, -0.05) is 24.3 Å². The normalized spacial score (nSPS) is 23.2. The quantitative estimate of drug-likeness (QED) is 0.315. The molecule has 0 spiro atoms. The lowest BCUT2D eigenvalue weighted by Gasteiger charge is -2.35. The lowest BCUT2D eigenvalue weighted by Crippen LogP contribution is -2.44. The Bertz CT molecular complexity index is 1550. The zero-order chi connectivity index (χ0) is 26.7. The Morgan fingerprint density at radius 3 is 2.26 bits per heavy atom. The number of carbonyl (C=O) groups is 4. The first-order chi connectivity index (χ1) is 18.3. The van der Waals surface area contributed by atoms with Gasteiger partial charge in [0.15, 0.2) is 11.6 Å². The summed E-state index contributed by atoms with van der Waals surface area (Å²) in [6.45, 7) is 1.46. The van der Waals surface area contributed by atoms with E-state index in [2.05, 4.69) is 15.9 Å². The molecule has 8 heteroatoms. The number of carbonyl (C=O) groups excluding carboxylic acids is 4. The molecule has 190 valence electrons. The van der Waals surface area contributed by atoms with E-state index in [0.29, 0.717) is 27.0 Å². The molecule has 3 aromatic rings. The molecule has 4 atom stereocenters. The predicted molar refractivity (Wildman–Crippen MR) is 145 cm³/mol. The fraction of sp³-hybridized carbons (Fsp3) is 0.200. The number of benzene rings is 3. The van der Waals surface area contributed by atoms with E-state index < -0.39 is 29.8 Å². The maximum absolute atomic E-state index is 14.1. The van der Waals surface area contributed by atoms with Crippen LogP contribution in [0.3, 0.4) is 0 Å². The number of amides is 2. The molecule has 3 heterocycles. The highest BCUT2D eigenvalue weighted by Crippen LogP contribution is 2.53. The molecular weight excluding hydrogens is 548 g/mol. The molecular formula is C30H23BrN2O5. The number of methoxy groups -OCH3 is 1. The number of Topliss-reactive ketones (excluding diaryl/α,β-unsaturated/α-hetero) is 2. The van der Waals surface area contributed by atoms with Crippen molar-refractivity contribution >= 4 is 51.1 Å². The molecule has 3 aliphatic heterocycles. The first kappa shape index (κ1) is 24.3. The smallest absolute Gasteiger partial charge is 0.240 e. The Morgan fingerprint density at radius 1 is 0.895 bits per heavy atom. The summed E-state index contributed by atoms with van der Waals surface area (Å²) in [5, 5.41) is 0. The van der Waals surface area contributed by atoms with E-state index in [-0.39, 0.29) is 17.5 Å². The summed E-state index contributed by atoms with van der Waals surface area (Å²) in [7, 11) is 1.55. The number of nitrogens with zero attached hydrogens (tertiary/aromatic N) is 2. The summed E-state index contributed by atoms with van der Waals surface area (Å²) in [5.41, 5.74) is 3.16. The predicted octanol–water partition coefficient (Wildman–Crippen LogP) is 5.06. The maximum atomic E-state index is 14.1. The summed E-state index contributed by atoms with van der Waals surface area (Å²) in [5.74, 6) is -2.14. The van der Waals surface area contributed by atoms with Crippen LogP contribution in [0.5, 0.6) is 5.75 Å². The zero-order valence-electron chi connectivity index (χ0n) is 20.6. The van der Waals surface area contributed by atoms with Crippen LogP contribution in [0.2, 0.25) is 0 Å². The number of hydrogen-bond acceptors (Lipinski definition) is 6. The van der Waals surface area contributed by atoms with Crippen LogP contribution in [-0.2, 0) is 9.59 Å². The Hall–Kier alpha value is -4.04. The molecule has 0 unspecified atom stereocenters. The Labute approximate surface area is 227 Å². The van der Waals surface area contributed by atoms with Crippen LogP contribution in [0.1, 0.15) is 44.8 Å². The molecule has 0 aromatic heterocycles. The highest BCUT2D eigenvalue weighted by atomic mass is 79.9. The summed E-state index contributed by atoms with van der Waals surface area (Å²) in [4.78, 5) is 56.8. The van der Waals surface area contributed by atoms with Crippen LogP contribution in [0.15, 0.2) is 77.4 Å². The second kappa shape index (κ2) is 9.06. The second-order valence-corrected chi connectivity index (χ2v) is 10.5. The van der Waals surface area contributed by atoms with Gasteiger partial charge in [0, 0.05) is 17.3 Å². The minimum Gasteiger partial charge on any atom is -0.496 e. The number of hydrogen-bond donors (Lipinski definition) is 0. The van der Waals surface area contributed by atoms with Crippen molar-refractivity contribution in [3.05, 3.63) is 99.7 Å². The minimum atomic E-state index is -0.871. The standard InChI is InChI=1S/C30H23BrN2O5/c1-16(34)17-7-10-20(11-8-17)33-29(36)24-25(30(33)37)27(28(35)19-9-12-23(38-2)22(31)15-19)32-14-13-18-5-3-4-6-21(18)26(24)32/h3-15,24-27H,1-2H3/t24-,25+,26+,27-/m1/s1. The summed E-state index contributed by atoms with van der Waals surface area (Å²) in [6.07, 6.45) is 3.75. The van der Waals surface area contributed by atoms with Crippen LogP contribution < -0.4 is 9.64 Å². The van der Waals surface area contributed by atoms with Gasteiger partial charge in [-0.2, -0.15) is 0 Å². The third kappa shape index (κ3) is 3.55. The van der Waals surface area contributed by atoms with Gasteiger partial charge >= 0.3 is 0 Å². The molecule has 0 bridgehead atoms. The molecule has 38 heavy (non-hydrogen) atoms. The number of anilines is 1. The molecule has 6 rings (SSSR count). The van der Waals surface area contributed by atoms with Crippen molar-refractivity contribution in [3.63, 3.8) is 0 Å². The SMILES string of the molecule is COc1ccc(C(=O)[C@H]2[C@H]3C(=O)N(c4ccc(C(C)=O)cc4)C(=O)[C@H]3[C@@H]3c4ccccc4C=CN23)cc1Br. The molecule has 2 amide bonds. The van der Waals surface area contributed by atoms with E-state index in [1.165, 1.54) is 11.8 Å². The molecule has 3 aliphatic rings. The highest BCUT2D eigenvalue weighted by molar-refractivity contribution is 9.10. The van der Waals surface area contributed by atoms with E-state index >= 15 is 0 Å². The average molecular weight is 571 g/mol. The molecule has 0 radical (unpaired) electrons. The van der Waals surface area contributed by atoms with Crippen LogP contribution in [0.25, 0.3) is 6.08 Å². The van der Waals surface area contributed by atoms with Gasteiger partial charge < -0.3 is 9.64 Å². The molecule has 2 fully saturated rings. The van der Waals surface area contributed by atoms with Gasteiger partial charge in [0.1, 0.15) is 11.8 Å². The topological polar surface area (TPSA) is 84.0 Å². The first-order valence-electron chi connectivity index (χ1n) is 12.2. The number of halogens is 1. The van der Waals surface area contributed by atoms with Gasteiger partial charge in [-0.15, -0.1) is 0 Å². The highest BCUT2D eigenvalue weighted by Gasteiger charge is 2.64. The fourth-order valence-corrected chi connectivity index (χ4v) is 6.49. The molecule has 7 nitrogen and oxygen atoms in total. The van der Waals surface area contributed by atoms with Gasteiger partial charge in [0.05, 0.1) is 35.1 Å². The number of ether oxygens (including phenoxy) is 1. The summed E-state index contributed by atoms with van der Waals surface area (Å²) in [6, 6.07) is 17.9. The van der Waals surface area contributed by atoms with Gasteiger partial charge in [0.25, 0.3) is 0 Å². The molecule has 0 aliphatic carbocycles. The van der Waals surface area contributed by atoms with Gasteiger partial charge in [-0.3, -0.25) is 19.2 Å². The van der Waals surface area contributed by atoms with Crippen molar-refractivity contribution in [2.24, 2.45) is 11.8 Å². The van der Waals surface area contributed by atoms with E-state index in [1.54, 1.807) is 49.6 Å². The fourth-order valence-electron chi connectivity index (χ4n) is 5.95. The summed E-state index contributed by atoms with van der Waals surface area (Å²) < 4.78 is 5.93. The molecule has 0 saturated carbocycles. The molecule has 3 aromatic carbocycles. The minimum absolute atomic E-state index is 0.106. The van der Waals surface area contributed by atoms with E-state index in [0.717, 1.165) is 11.1 Å². The van der Waals surface area contributed by atoms with Gasteiger partial charge in [0.2, 0.25) is 11.8 Å². The van der Waals surface area contributed by atoms with Crippen LogP contribution in [0, 0.1) is 11.8 Å². The van der Waals surface area contributed by atoms with Crippen molar-refractivity contribution in [3.8, 4) is 5.75 Å². The van der Waals surface area contributed by atoms with E-state index in [4.69, 9.17) is 4.74 Å². The van der Waals surface area contributed by atoms with E-state index in [1.807, 2.05) is 41.4 Å². The van der Waals surface area contributed by atoms with Gasteiger partial charge in [-0.05, 0) is 82.5 Å². The monoisotopic (exact) mass is 570 g/mol. The van der Waals surface area contributed by atoms with Crippen LogP contribution >= 0.6 is 15.9 Å². The van der Waals surface area contributed by atoms with Crippen molar-refractivity contribution in [2.45, 2.75) is 19.0 Å². The van der Waals surface area contributed by atoms with Crippen LogP contribution in [-0.4, -0.2) is 41.4 Å². The number of fused-ring (bicyclic) bond motifs is 5. The lowest BCUT2D eigenvalue weighted by molar-refractivity contribution is -0.123. The number of imide groups is 1. The average Bonchev–Trinajstić information content (AvgIpc) is 3.40. The van der Waals surface area contributed by atoms with E-state index in [9.17, 15) is 19.2 Å². The van der Waals surface area contributed by atoms with Crippen molar-refractivity contribution in [2.75, 3.05) is 12.0 Å². The zero-order valence-corrected chi connectivity index (χ0v) is 22.2. The largest absolute Gasteiger partial charge is 0.496 e. The number of rotatable bonds is 5. The third-order valence-corrected chi connectivity index (χ3v) is 8.32. The van der Waals surface area contributed by atoms with Crippen molar-refractivity contribution in [1.82, 2.24) is 4.90 Å². The van der Waals surface area contributed by atoms with Crippen LogP contribution in [0.4, 0.5) is 5.69 Å². The Balaban J connectivity index is 1.46. The maximum Gasteiger partial charge on any atom is 0.240 e. The number of ketones is 2. The van der Waals surface area contributed by atoms with Crippen molar-refractivity contribution < 1.29 is 23.9 Å². The van der Waals surface area contributed by atoms with Gasteiger partial charge in [-0.25, -0.2) is 4.90 Å². The first-order valence-corrected chi connectivity index (χ1v) is 13.0. The molecule has 2 saturated heterocycles. The Morgan fingerprint density at radius 2 is 1.58 bits per heavy atom. The second-order valence-electron chi connectivity index (χ2n) is 9.66. The third-order valence-electron chi connectivity index (χ3n) is 7.70. The van der Waals surface area contributed by atoms with Crippen molar-refractivity contribution in [1.29, 1.82) is 0 Å². The Kier molecular flexibility index (Phi) is 5.79.